The molecule has 1 N–H and O–H groups in total. The molecular formula is C18H17FN2OS2. The number of halogens is 1. The molecule has 1 atom stereocenters. The summed E-state index contributed by atoms with van der Waals surface area (Å²) in [5, 5.41) is 5.69. The van der Waals surface area contributed by atoms with Crippen LogP contribution < -0.4 is 5.32 Å². The highest BCUT2D eigenvalue weighted by Crippen LogP contribution is 2.27. The van der Waals surface area contributed by atoms with Gasteiger partial charge in [0.2, 0.25) is 0 Å². The number of anilines is 1. The van der Waals surface area contributed by atoms with E-state index in [-0.39, 0.29) is 11.9 Å². The maximum absolute atomic E-state index is 13.4. The quantitative estimate of drug-likeness (QED) is 0.613. The van der Waals surface area contributed by atoms with Crippen molar-refractivity contribution in [1.29, 1.82) is 0 Å². The van der Waals surface area contributed by atoms with Crippen molar-refractivity contribution in [3.05, 3.63) is 76.6 Å². The van der Waals surface area contributed by atoms with Crippen molar-refractivity contribution in [1.82, 2.24) is 4.90 Å². The second kappa shape index (κ2) is 7.59. The first-order valence-corrected chi connectivity index (χ1v) is 8.81. The lowest BCUT2D eigenvalue weighted by Crippen LogP contribution is -2.36. The van der Waals surface area contributed by atoms with Gasteiger partial charge in [-0.1, -0.05) is 12.1 Å². The molecule has 0 aliphatic carbocycles. The van der Waals surface area contributed by atoms with Crippen molar-refractivity contribution in [3.8, 4) is 0 Å². The molecular weight excluding hydrogens is 343 g/mol. The lowest BCUT2D eigenvalue weighted by molar-refractivity contribution is 0.306. The SMILES string of the molecule is CC(c1cccs1)N(Cc1ccco1)C(=S)Nc1cccc(F)c1. The molecule has 0 spiro atoms. The molecule has 0 amide bonds. The van der Waals surface area contributed by atoms with E-state index in [1.54, 1.807) is 29.7 Å². The van der Waals surface area contributed by atoms with Crippen molar-refractivity contribution in [2.24, 2.45) is 0 Å². The Morgan fingerprint density at radius 3 is 2.83 bits per heavy atom. The number of furan rings is 1. The minimum Gasteiger partial charge on any atom is -0.467 e. The predicted molar refractivity (Wildman–Crippen MR) is 99.6 cm³/mol. The predicted octanol–water partition coefficient (Wildman–Crippen LogP) is 5.44. The van der Waals surface area contributed by atoms with Gasteiger partial charge >= 0.3 is 0 Å². The van der Waals surface area contributed by atoms with Gasteiger partial charge in [0.05, 0.1) is 18.8 Å². The van der Waals surface area contributed by atoms with Gasteiger partial charge in [0.1, 0.15) is 11.6 Å². The summed E-state index contributed by atoms with van der Waals surface area (Å²) in [6.07, 6.45) is 1.65. The van der Waals surface area contributed by atoms with Crippen LogP contribution in [0.25, 0.3) is 0 Å². The van der Waals surface area contributed by atoms with Crippen LogP contribution in [0.2, 0.25) is 0 Å². The average molecular weight is 360 g/mol. The molecule has 2 heterocycles. The van der Waals surface area contributed by atoms with Crippen LogP contribution in [0, 0.1) is 5.82 Å². The molecule has 0 aliphatic heterocycles. The molecule has 0 aliphatic rings. The van der Waals surface area contributed by atoms with E-state index >= 15 is 0 Å². The monoisotopic (exact) mass is 360 g/mol. The molecule has 0 bridgehead atoms. The molecule has 1 unspecified atom stereocenters. The molecule has 3 rings (SSSR count). The van der Waals surface area contributed by atoms with Gasteiger partial charge in [-0.25, -0.2) is 4.39 Å². The van der Waals surface area contributed by atoms with E-state index in [1.807, 2.05) is 28.5 Å². The van der Waals surface area contributed by atoms with Crippen molar-refractivity contribution in [2.75, 3.05) is 5.32 Å². The van der Waals surface area contributed by atoms with E-state index < -0.39 is 0 Å². The Kier molecular flexibility index (Phi) is 5.27. The summed E-state index contributed by atoms with van der Waals surface area (Å²) >= 11 is 7.26. The Morgan fingerprint density at radius 2 is 2.17 bits per heavy atom. The van der Waals surface area contributed by atoms with E-state index in [9.17, 15) is 4.39 Å². The van der Waals surface area contributed by atoms with Crippen LogP contribution in [0.3, 0.4) is 0 Å². The topological polar surface area (TPSA) is 28.4 Å². The lowest BCUT2D eigenvalue weighted by atomic mass is 10.2. The Hall–Kier alpha value is -2.18. The number of nitrogens with zero attached hydrogens (tertiary/aromatic N) is 1. The second-order valence-electron chi connectivity index (χ2n) is 5.34. The highest BCUT2D eigenvalue weighted by atomic mass is 32.1. The first-order valence-electron chi connectivity index (χ1n) is 7.52. The highest BCUT2D eigenvalue weighted by Gasteiger charge is 2.21. The number of benzene rings is 1. The molecule has 24 heavy (non-hydrogen) atoms. The van der Waals surface area contributed by atoms with E-state index in [4.69, 9.17) is 16.6 Å². The van der Waals surface area contributed by atoms with Crippen LogP contribution >= 0.6 is 23.6 Å². The van der Waals surface area contributed by atoms with E-state index in [0.717, 1.165) is 5.76 Å². The molecule has 6 heteroatoms. The van der Waals surface area contributed by atoms with Crippen molar-refractivity contribution >= 4 is 34.4 Å². The zero-order chi connectivity index (χ0) is 16.9. The van der Waals surface area contributed by atoms with Gasteiger partial charge in [0.25, 0.3) is 0 Å². The van der Waals surface area contributed by atoms with Gasteiger partial charge in [-0.3, -0.25) is 0 Å². The van der Waals surface area contributed by atoms with Crippen LogP contribution in [0.4, 0.5) is 10.1 Å². The third-order valence-corrected chi connectivity index (χ3v) is 5.04. The molecule has 3 aromatic rings. The van der Waals surface area contributed by atoms with Gasteiger partial charge in [-0.2, -0.15) is 0 Å². The molecule has 0 fully saturated rings. The highest BCUT2D eigenvalue weighted by molar-refractivity contribution is 7.80. The van der Waals surface area contributed by atoms with Gasteiger partial charge in [-0.05, 0) is 60.9 Å². The van der Waals surface area contributed by atoms with Gasteiger partial charge in [0, 0.05) is 10.6 Å². The molecule has 1 aromatic carbocycles. The summed E-state index contributed by atoms with van der Waals surface area (Å²) in [4.78, 5) is 3.23. The molecule has 0 saturated heterocycles. The summed E-state index contributed by atoms with van der Waals surface area (Å²) in [5.74, 6) is 0.522. The number of thiophene rings is 1. The number of hydrogen-bond acceptors (Lipinski definition) is 3. The summed E-state index contributed by atoms with van der Waals surface area (Å²) in [7, 11) is 0. The van der Waals surface area contributed by atoms with Crippen molar-refractivity contribution in [3.63, 3.8) is 0 Å². The van der Waals surface area contributed by atoms with E-state index in [0.29, 0.717) is 17.3 Å². The fourth-order valence-electron chi connectivity index (χ4n) is 2.40. The van der Waals surface area contributed by atoms with E-state index in [2.05, 4.69) is 18.3 Å². The molecule has 2 aromatic heterocycles. The normalized spacial score (nSPS) is 11.9. The minimum atomic E-state index is -0.299. The van der Waals surface area contributed by atoms with E-state index in [1.165, 1.54) is 17.0 Å². The number of thiocarbonyl (C=S) groups is 1. The molecule has 0 radical (unpaired) electrons. The summed E-state index contributed by atoms with van der Waals surface area (Å²) < 4.78 is 18.9. The van der Waals surface area contributed by atoms with Crippen molar-refractivity contribution in [2.45, 2.75) is 19.5 Å². The molecule has 0 saturated carbocycles. The fraction of sp³-hybridized carbons (Fsp3) is 0.167. The maximum Gasteiger partial charge on any atom is 0.174 e. The van der Waals surface area contributed by atoms with Crippen molar-refractivity contribution < 1.29 is 8.81 Å². The minimum absolute atomic E-state index is 0.0728. The Balaban J connectivity index is 1.81. The summed E-state index contributed by atoms with van der Waals surface area (Å²) in [6.45, 7) is 2.63. The van der Waals surface area contributed by atoms with Crippen LogP contribution in [-0.4, -0.2) is 10.0 Å². The lowest BCUT2D eigenvalue weighted by Gasteiger charge is -2.30. The van der Waals surface area contributed by atoms with Gasteiger partial charge < -0.3 is 14.6 Å². The largest absolute Gasteiger partial charge is 0.467 e. The summed E-state index contributed by atoms with van der Waals surface area (Å²) in [6, 6.07) is 14.2. The fourth-order valence-corrected chi connectivity index (χ4v) is 3.54. The standard InChI is InChI=1S/C18H17FN2OS2/c1-13(17-8-4-10-24-17)21(12-16-7-3-9-22-16)18(23)20-15-6-2-5-14(19)11-15/h2-11,13H,12H2,1H3,(H,20,23). The average Bonchev–Trinajstić information content (AvgIpc) is 3.25. The van der Waals surface area contributed by atoms with Crippen LogP contribution in [0.5, 0.6) is 0 Å². The molecule has 3 nitrogen and oxygen atoms in total. The first-order chi connectivity index (χ1) is 11.6. The van der Waals surface area contributed by atoms with Gasteiger partial charge in [-0.15, -0.1) is 11.3 Å². The zero-order valence-electron chi connectivity index (χ0n) is 13.1. The molecule has 124 valence electrons. The second-order valence-corrected chi connectivity index (χ2v) is 6.71. The maximum atomic E-state index is 13.4. The smallest absolute Gasteiger partial charge is 0.174 e. The van der Waals surface area contributed by atoms with Crippen LogP contribution in [0.15, 0.2) is 64.6 Å². The third-order valence-electron chi connectivity index (χ3n) is 3.67. The van der Waals surface area contributed by atoms with Gasteiger partial charge in [0.15, 0.2) is 5.11 Å². The first kappa shape index (κ1) is 16.7. The Labute approximate surface area is 149 Å². The van der Waals surface area contributed by atoms with Crippen LogP contribution in [0.1, 0.15) is 23.6 Å². The number of hydrogen-bond donors (Lipinski definition) is 1. The van der Waals surface area contributed by atoms with Crippen LogP contribution in [-0.2, 0) is 6.54 Å². The third kappa shape index (κ3) is 4.01. The Bertz CT molecular complexity index is 787. The zero-order valence-corrected chi connectivity index (χ0v) is 14.7. The number of nitrogens with one attached hydrogen (secondary N) is 1. The number of rotatable bonds is 5. The summed E-state index contributed by atoms with van der Waals surface area (Å²) in [5.41, 5.74) is 0.628. The Morgan fingerprint density at radius 1 is 1.29 bits per heavy atom.